The molecule has 3 heterocycles. The van der Waals surface area contributed by atoms with Crippen molar-refractivity contribution in [2.24, 2.45) is 5.73 Å². The Balaban J connectivity index is 1.62. The van der Waals surface area contributed by atoms with Gasteiger partial charge in [0.25, 0.3) is 0 Å². The van der Waals surface area contributed by atoms with Crippen molar-refractivity contribution in [3.05, 3.63) is 0 Å². The van der Waals surface area contributed by atoms with Gasteiger partial charge in [-0.15, -0.1) is 0 Å². The number of sulfone groups is 1. The summed E-state index contributed by atoms with van der Waals surface area (Å²) in [4.78, 5) is 4.88. The molecule has 18 heavy (non-hydrogen) atoms. The van der Waals surface area contributed by atoms with Crippen LogP contribution in [0.3, 0.4) is 0 Å². The number of rotatable bonds is 2. The van der Waals surface area contributed by atoms with E-state index in [0.717, 1.165) is 13.1 Å². The van der Waals surface area contributed by atoms with Gasteiger partial charge in [-0.1, -0.05) is 0 Å². The lowest BCUT2D eigenvalue weighted by Gasteiger charge is -2.28. The van der Waals surface area contributed by atoms with Gasteiger partial charge in [0.2, 0.25) is 0 Å². The highest BCUT2D eigenvalue weighted by atomic mass is 32.2. The monoisotopic (exact) mass is 273 g/mol. The molecule has 0 bridgehead atoms. The molecule has 0 amide bonds. The van der Waals surface area contributed by atoms with E-state index in [-0.39, 0.29) is 23.6 Å². The van der Waals surface area contributed by atoms with Crippen molar-refractivity contribution >= 4 is 9.84 Å². The Kier molecular flexibility index (Phi) is 3.38. The van der Waals surface area contributed by atoms with Crippen molar-refractivity contribution in [1.82, 2.24) is 9.80 Å². The molecule has 0 radical (unpaired) electrons. The Labute approximate surface area is 109 Å². The van der Waals surface area contributed by atoms with E-state index in [0.29, 0.717) is 6.04 Å². The van der Waals surface area contributed by atoms with Crippen molar-refractivity contribution < 1.29 is 8.42 Å². The zero-order valence-electron chi connectivity index (χ0n) is 10.8. The number of likely N-dealkylation sites (tertiary alicyclic amines) is 2. The molecule has 6 heteroatoms. The highest BCUT2D eigenvalue weighted by molar-refractivity contribution is 7.91. The molecule has 0 aromatic carbocycles. The fraction of sp³-hybridized carbons (Fsp3) is 1.00. The van der Waals surface area contributed by atoms with Crippen molar-refractivity contribution in [3.8, 4) is 0 Å². The molecule has 3 unspecified atom stereocenters. The van der Waals surface area contributed by atoms with Crippen LogP contribution >= 0.6 is 0 Å². The van der Waals surface area contributed by atoms with Crippen LogP contribution in [0, 0.1) is 0 Å². The normalized spacial score (nSPS) is 41.7. The minimum Gasteiger partial charge on any atom is -0.325 e. The fourth-order valence-electron chi connectivity index (χ4n) is 3.71. The molecule has 2 N–H and O–H groups in total. The van der Waals surface area contributed by atoms with Gasteiger partial charge in [-0.2, -0.15) is 0 Å². The first-order valence-corrected chi connectivity index (χ1v) is 8.81. The summed E-state index contributed by atoms with van der Waals surface area (Å²) >= 11 is 0. The summed E-state index contributed by atoms with van der Waals surface area (Å²) in [5, 5.41) is 0. The van der Waals surface area contributed by atoms with Crippen LogP contribution in [-0.2, 0) is 9.84 Å². The molecule has 3 saturated heterocycles. The van der Waals surface area contributed by atoms with Gasteiger partial charge in [-0.3, -0.25) is 9.80 Å². The largest absolute Gasteiger partial charge is 0.325 e. The molecular formula is C12H23N3O2S. The fourth-order valence-corrected chi connectivity index (χ4v) is 5.63. The Hall–Kier alpha value is -0.170. The van der Waals surface area contributed by atoms with E-state index in [4.69, 9.17) is 5.73 Å². The number of nitrogens with two attached hydrogens (primary N) is 1. The van der Waals surface area contributed by atoms with Crippen LogP contribution in [0.5, 0.6) is 0 Å². The molecule has 104 valence electrons. The van der Waals surface area contributed by atoms with E-state index in [1.807, 2.05) is 0 Å². The number of hydrogen-bond acceptors (Lipinski definition) is 5. The molecule has 0 aromatic rings. The lowest BCUT2D eigenvalue weighted by atomic mass is 10.1. The zero-order valence-corrected chi connectivity index (χ0v) is 11.6. The third-order valence-corrected chi connectivity index (χ3v) is 6.43. The van der Waals surface area contributed by atoms with Gasteiger partial charge in [-0.25, -0.2) is 8.42 Å². The van der Waals surface area contributed by atoms with Crippen LogP contribution in [-0.4, -0.2) is 74.0 Å². The maximum absolute atomic E-state index is 11.6. The molecule has 0 aliphatic carbocycles. The van der Waals surface area contributed by atoms with Crippen molar-refractivity contribution in [3.63, 3.8) is 0 Å². The molecule has 3 rings (SSSR count). The van der Waals surface area contributed by atoms with Gasteiger partial charge in [0, 0.05) is 31.2 Å². The van der Waals surface area contributed by atoms with Crippen molar-refractivity contribution in [2.45, 2.75) is 37.4 Å². The van der Waals surface area contributed by atoms with E-state index in [1.165, 1.54) is 32.4 Å². The van der Waals surface area contributed by atoms with Crippen LogP contribution in [0.25, 0.3) is 0 Å². The maximum Gasteiger partial charge on any atom is 0.153 e. The quantitative estimate of drug-likeness (QED) is 0.719. The standard InChI is InChI=1S/C12H23N3O2S/c13-11-8-18(16,17)9-12(11)15-6-3-10(7-15)14-4-1-2-5-14/h10-12H,1-9,13H2. The third kappa shape index (κ3) is 2.43. The van der Waals surface area contributed by atoms with Gasteiger partial charge in [0.05, 0.1) is 11.5 Å². The van der Waals surface area contributed by atoms with E-state index < -0.39 is 9.84 Å². The summed E-state index contributed by atoms with van der Waals surface area (Å²) in [6.45, 7) is 4.45. The Morgan fingerprint density at radius 3 is 2.33 bits per heavy atom. The second-order valence-corrected chi connectivity index (χ2v) is 8.14. The van der Waals surface area contributed by atoms with Crippen LogP contribution in [0.15, 0.2) is 0 Å². The van der Waals surface area contributed by atoms with Gasteiger partial charge in [-0.05, 0) is 32.4 Å². The van der Waals surface area contributed by atoms with Gasteiger partial charge >= 0.3 is 0 Å². The van der Waals surface area contributed by atoms with Gasteiger partial charge in [0.1, 0.15) is 0 Å². The molecule has 3 fully saturated rings. The summed E-state index contributed by atoms with van der Waals surface area (Å²) in [7, 11) is -2.90. The summed E-state index contributed by atoms with van der Waals surface area (Å²) in [5.74, 6) is 0.434. The first-order chi connectivity index (χ1) is 8.55. The zero-order chi connectivity index (χ0) is 12.8. The second kappa shape index (κ2) is 4.74. The highest BCUT2D eigenvalue weighted by Gasteiger charge is 2.42. The van der Waals surface area contributed by atoms with E-state index in [2.05, 4.69) is 9.80 Å². The van der Waals surface area contributed by atoms with Gasteiger partial charge in [0.15, 0.2) is 9.84 Å². The highest BCUT2D eigenvalue weighted by Crippen LogP contribution is 2.25. The van der Waals surface area contributed by atoms with E-state index in [1.54, 1.807) is 0 Å². The van der Waals surface area contributed by atoms with Crippen LogP contribution in [0.4, 0.5) is 0 Å². The Morgan fingerprint density at radius 1 is 1.00 bits per heavy atom. The van der Waals surface area contributed by atoms with Crippen molar-refractivity contribution in [1.29, 1.82) is 0 Å². The average Bonchev–Trinajstić information content (AvgIpc) is 2.97. The predicted molar refractivity (Wildman–Crippen MR) is 71.2 cm³/mol. The lowest BCUT2D eigenvalue weighted by Crippen LogP contribution is -2.47. The lowest BCUT2D eigenvalue weighted by molar-refractivity contribution is 0.201. The first kappa shape index (κ1) is 12.8. The van der Waals surface area contributed by atoms with E-state index in [9.17, 15) is 8.42 Å². The molecule has 3 atom stereocenters. The Morgan fingerprint density at radius 2 is 1.72 bits per heavy atom. The second-order valence-electron chi connectivity index (χ2n) is 5.99. The minimum absolute atomic E-state index is 0.0580. The van der Waals surface area contributed by atoms with Gasteiger partial charge < -0.3 is 5.73 Å². The summed E-state index contributed by atoms with van der Waals surface area (Å²) < 4.78 is 23.3. The molecular weight excluding hydrogens is 250 g/mol. The number of hydrogen-bond donors (Lipinski definition) is 1. The summed E-state index contributed by atoms with van der Waals surface area (Å²) in [6.07, 6.45) is 3.80. The maximum atomic E-state index is 11.6. The topological polar surface area (TPSA) is 66.6 Å². The SMILES string of the molecule is NC1CS(=O)(=O)CC1N1CCC(N2CCCC2)C1. The van der Waals surface area contributed by atoms with E-state index >= 15 is 0 Å². The average molecular weight is 273 g/mol. The van der Waals surface area contributed by atoms with Crippen molar-refractivity contribution in [2.75, 3.05) is 37.7 Å². The molecule has 3 aliphatic rings. The minimum atomic E-state index is -2.90. The molecule has 0 spiro atoms. The summed E-state index contributed by atoms with van der Waals surface area (Å²) in [6, 6.07) is 0.498. The predicted octanol–water partition coefficient (Wildman–Crippen LogP) is -0.719. The Bertz CT molecular complexity index is 406. The first-order valence-electron chi connectivity index (χ1n) is 6.99. The third-order valence-electron chi connectivity index (χ3n) is 4.69. The van der Waals surface area contributed by atoms with Crippen LogP contribution in [0.1, 0.15) is 19.3 Å². The van der Waals surface area contributed by atoms with Crippen LogP contribution < -0.4 is 5.73 Å². The molecule has 0 aromatic heterocycles. The molecule has 0 saturated carbocycles. The number of nitrogens with zero attached hydrogens (tertiary/aromatic N) is 2. The summed E-state index contributed by atoms with van der Waals surface area (Å²) in [5.41, 5.74) is 6.00. The van der Waals surface area contributed by atoms with Crippen LogP contribution in [0.2, 0.25) is 0 Å². The smallest absolute Gasteiger partial charge is 0.153 e. The molecule has 3 aliphatic heterocycles. The molecule has 5 nitrogen and oxygen atoms in total.